The van der Waals surface area contributed by atoms with Crippen molar-refractivity contribution in [3.8, 4) is 0 Å². The Balaban J connectivity index is 2.06. The predicted octanol–water partition coefficient (Wildman–Crippen LogP) is 2.73. The molecule has 0 radical (unpaired) electrons. The Morgan fingerprint density at radius 3 is 2.72 bits per heavy atom. The van der Waals surface area contributed by atoms with Crippen LogP contribution in [0.3, 0.4) is 0 Å². The van der Waals surface area contributed by atoms with Gasteiger partial charge in [-0.3, -0.25) is 9.78 Å². The summed E-state index contributed by atoms with van der Waals surface area (Å²) in [5.74, 6) is -0.159. The first-order valence-corrected chi connectivity index (χ1v) is 6.29. The van der Waals surface area contributed by atoms with Gasteiger partial charge in [-0.1, -0.05) is 6.07 Å². The zero-order valence-electron chi connectivity index (χ0n) is 9.80. The second kappa shape index (κ2) is 5.73. The van der Waals surface area contributed by atoms with Crippen molar-refractivity contribution in [3.63, 3.8) is 0 Å². The van der Waals surface area contributed by atoms with E-state index < -0.39 is 0 Å². The second-order valence-corrected chi connectivity index (χ2v) is 4.63. The number of hydrogen-bond donors (Lipinski definition) is 1. The SMILES string of the molecule is CC(NC(=O)c1ccc(Br)nc1)c1ccccn1. The Labute approximate surface area is 114 Å². The fourth-order valence-corrected chi connectivity index (χ4v) is 1.73. The van der Waals surface area contributed by atoms with Crippen molar-refractivity contribution in [2.24, 2.45) is 0 Å². The van der Waals surface area contributed by atoms with Gasteiger partial charge in [0.25, 0.3) is 5.91 Å². The number of aromatic nitrogens is 2. The topological polar surface area (TPSA) is 54.9 Å². The minimum atomic E-state index is -0.159. The van der Waals surface area contributed by atoms with Crippen LogP contribution in [-0.4, -0.2) is 15.9 Å². The Hall–Kier alpha value is -1.75. The molecule has 0 spiro atoms. The molecule has 2 aromatic rings. The lowest BCUT2D eigenvalue weighted by Gasteiger charge is -2.13. The van der Waals surface area contributed by atoms with Crippen LogP contribution >= 0.6 is 15.9 Å². The van der Waals surface area contributed by atoms with E-state index >= 15 is 0 Å². The zero-order chi connectivity index (χ0) is 13.0. The van der Waals surface area contributed by atoms with E-state index in [1.54, 1.807) is 18.3 Å². The fraction of sp³-hybridized carbons (Fsp3) is 0.154. The minimum Gasteiger partial charge on any atom is -0.344 e. The van der Waals surface area contributed by atoms with Gasteiger partial charge >= 0.3 is 0 Å². The molecular formula is C13H12BrN3O. The van der Waals surface area contributed by atoms with E-state index in [1.165, 1.54) is 6.20 Å². The van der Waals surface area contributed by atoms with E-state index in [1.807, 2.05) is 25.1 Å². The number of nitrogens with one attached hydrogen (secondary N) is 1. The molecule has 0 bridgehead atoms. The summed E-state index contributed by atoms with van der Waals surface area (Å²) in [7, 11) is 0. The van der Waals surface area contributed by atoms with Gasteiger partial charge in [0, 0.05) is 12.4 Å². The Bertz CT molecular complexity index is 528. The van der Waals surface area contributed by atoms with Gasteiger partial charge in [0.15, 0.2) is 0 Å². The number of rotatable bonds is 3. The van der Waals surface area contributed by atoms with Crippen LogP contribution in [0.1, 0.15) is 29.0 Å². The van der Waals surface area contributed by atoms with Crippen molar-refractivity contribution in [2.45, 2.75) is 13.0 Å². The predicted molar refractivity (Wildman–Crippen MR) is 72.1 cm³/mol. The summed E-state index contributed by atoms with van der Waals surface area (Å²) < 4.78 is 0.705. The molecule has 18 heavy (non-hydrogen) atoms. The number of amides is 1. The maximum Gasteiger partial charge on any atom is 0.253 e. The number of nitrogens with zero attached hydrogens (tertiary/aromatic N) is 2. The molecule has 0 aromatic carbocycles. The quantitative estimate of drug-likeness (QED) is 0.887. The largest absolute Gasteiger partial charge is 0.344 e. The Kier molecular flexibility index (Phi) is 4.04. The number of halogens is 1. The lowest BCUT2D eigenvalue weighted by Crippen LogP contribution is -2.27. The van der Waals surface area contributed by atoms with Crippen LogP contribution in [0.5, 0.6) is 0 Å². The first kappa shape index (κ1) is 12.7. The number of carbonyl (C=O) groups excluding carboxylic acids is 1. The van der Waals surface area contributed by atoms with E-state index in [9.17, 15) is 4.79 Å². The van der Waals surface area contributed by atoms with E-state index in [-0.39, 0.29) is 11.9 Å². The molecule has 4 nitrogen and oxygen atoms in total. The standard InChI is InChI=1S/C13H12BrN3O/c1-9(11-4-2-3-7-15-11)17-13(18)10-5-6-12(14)16-8-10/h2-9H,1H3,(H,17,18). The van der Waals surface area contributed by atoms with Crippen molar-refractivity contribution < 1.29 is 4.79 Å². The van der Waals surface area contributed by atoms with Gasteiger partial charge in [-0.2, -0.15) is 0 Å². The third kappa shape index (κ3) is 3.13. The van der Waals surface area contributed by atoms with Crippen molar-refractivity contribution in [1.29, 1.82) is 0 Å². The summed E-state index contributed by atoms with van der Waals surface area (Å²) >= 11 is 3.23. The van der Waals surface area contributed by atoms with E-state index in [0.717, 1.165) is 5.69 Å². The zero-order valence-corrected chi connectivity index (χ0v) is 11.4. The Morgan fingerprint density at radius 1 is 1.28 bits per heavy atom. The first-order valence-electron chi connectivity index (χ1n) is 5.50. The molecule has 0 aliphatic carbocycles. The molecule has 1 unspecified atom stereocenters. The molecular weight excluding hydrogens is 294 g/mol. The van der Waals surface area contributed by atoms with Crippen molar-refractivity contribution in [1.82, 2.24) is 15.3 Å². The second-order valence-electron chi connectivity index (χ2n) is 3.82. The molecule has 0 saturated carbocycles. The molecule has 1 amide bonds. The van der Waals surface area contributed by atoms with Crippen LogP contribution in [0.4, 0.5) is 0 Å². The molecule has 1 N–H and O–H groups in total. The molecule has 0 aliphatic heterocycles. The number of carbonyl (C=O) groups is 1. The van der Waals surface area contributed by atoms with E-state index in [0.29, 0.717) is 10.2 Å². The van der Waals surface area contributed by atoms with Crippen molar-refractivity contribution >= 4 is 21.8 Å². The molecule has 5 heteroatoms. The van der Waals surface area contributed by atoms with Gasteiger partial charge < -0.3 is 5.32 Å². The third-order valence-corrected chi connectivity index (χ3v) is 2.94. The fourth-order valence-electron chi connectivity index (χ4n) is 1.50. The van der Waals surface area contributed by atoms with Crippen LogP contribution in [-0.2, 0) is 0 Å². The molecule has 92 valence electrons. The van der Waals surface area contributed by atoms with Crippen molar-refractivity contribution in [3.05, 3.63) is 58.6 Å². The molecule has 2 aromatic heterocycles. The van der Waals surface area contributed by atoms with Crippen molar-refractivity contribution in [2.75, 3.05) is 0 Å². The maximum atomic E-state index is 11.9. The van der Waals surface area contributed by atoms with E-state index in [4.69, 9.17) is 0 Å². The summed E-state index contributed by atoms with van der Waals surface area (Å²) in [6.07, 6.45) is 3.24. The van der Waals surface area contributed by atoms with Gasteiger partial charge in [-0.25, -0.2) is 4.98 Å². The summed E-state index contributed by atoms with van der Waals surface area (Å²) in [5.41, 5.74) is 1.36. The lowest BCUT2D eigenvalue weighted by atomic mass is 10.2. The average Bonchev–Trinajstić information content (AvgIpc) is 2.40. The maximum absolute atomic E-state index is 11.9. The van der Waals surface area contributed by atoms with Gasteiger partial charge in [-0.05, 0) is 47.1 Å². The van der Waals surface area contributed by atoms with Gasteiger partial charge in [0.2, 0.25) is 0 Å². The van der Waals surface area contributed by atoms with Gasteiger partial charge in [0.1, 0.15) is 4.60 Å². The highest BCUT2D eigenvalue weighted by Crippen LogP contribution is 2.10. The molecule has 0 aliphatic rings. The summed E-state index contributed by atoms with van der Waals surface area (Å²) in [6.45, 7) is 1.90. The van der Waals surface area contributed by atoms with Gasteiger partial charge in [-0.15, -0.1) is 0 Å². The molecule has 0 saturated heterocycles. The minimum absolute atomic E-state index is 0.137. The summed E-state index contributed by atoms with van der Waals surface area (Å²) in [4.78, 5) is 20.2. The average molecular weight is 306 g/mol. The first-order chi connectivity index (χ1) is 8.66. The highest BCUT2D eigenvalue weighted by Gasteiger charge is 2.12. The molecule has 1 atom stereocenters. The van der Waals surface area contributed by atoms with Crippen LogP contribution in [0, 0.1) is 0 Å². The smallest absolute Gasteiger partial charge is 0.253 e. The molecule has 2 rings (SSSR count). The van der Waals surface area contributed by atoms with Crippen LogP contribution in [0.25, 0.3) is 0 Å². The third-order valence-electron chi connectivity index (χ3n) is 2.47. The normalized spacial score (nSPS) is 11.9. The van der Waals surface area contributed by atoms with Gasteiger partial charge in [0.05, 0.1) is 17.3 Å². The number of pyridine rings is 2. The Morgan fingerprint density at radius 2 is 2.11 bits per heavy atom. The van der Waals surface area contributed by atoms with E-state index in [2.05, 4.69) is 31.2 Å². The monoisotopic (exact) mass is 305 g/mol. The van der Waals surface area contributed by atoms with Crippen LogP contribution in [0.2, 0.25) is 0 Å². The highest BCUT2D eigenvalue weighted by molar-refractivity contribution is 9.10. The highest BCUT2D eigenvalue weighted by atomic mass is 79.9. The number of hydrogen-bond acceptors (Lipinski definition) is 3. The summed E-state index contributed by atoms with van der Waals surface area (Å²) in [6, 6.07) is 8.94. The summed E-state index contributed by atoms with van der Waals surface area (Å²) in [5, 5.41) is 2.88. The lowest BCUT2D eigenvalue weighted by molar-refractivity contribution is 0.0938. The van der Waals surface area contributed by atoms with Crippen LogP contribution < -0.4 is 5.32 Å². The van der Waals surface area contributed by atoms with Crippen LogP contribution in [0.15, 0.2) is 47.3 Å². The molecule has 0 fully saturated rings. The molecule has 2 heterocycles.